The second-order valence-corrected chi connectivity index (χ2v) is 4.18. The van der Waals surface area contributed by atoms with Gasteiger partial charge in [-0.1, -0.05) is 6.07 Å². The monoisotopic (exact) mass is 261 g/mol. The Morgan fingerprint density at radius 1 is 1.26 bits per heavy atom. The van der Waals surface area contributed by atoms with Gasteiger partial charge in [0.05, 0.1) is 26.8 Å². The Morgan fingerprint density at radius 2 is 2.05 bits per heavy atom. The summed E-state index contributed by atoms with van der Waals surface area (Å²) in [7, 11) is 5.21. The first-order chi connectivity index (χ1) is 9.28. The standard InChI is InChI=1S/C14H19N3O2/c1-15-12(10-17-8-4-7-16-17)11-5-6-13(18-2)14(9-11)19-3/h4-9,12,15H,10H2,1-3H3. The summed E-state index contributed by atoms with van der Waals surface area (Å²) in [5.74, 6) is 1.47. The van der Waals surface area contributed by atoms with Gasteiger partial charge in [0.15, 0.2) is 11.5 Å². The van der Waals surface area contributed by atoms with Crippen molar-refractivity contribution in [3.63, 3.8) is 0 Å². The van der Waals surface area contributed by atoms with Gasteiger partial charge >= 0.3 is 0 Å². The molecule has 0 spiro atoms. The molecule has 1 N–H and O–H groups in total. The number of aromatic nitrogens is 2. The number of rotatable bonds is 6. The molecule has 19 heavy (non-hydrogen) atoms. The Bertz CT molecular complexity index is 511. The predicted octanol–water partition coefficient (Wildman–Crippen LogP) is 1.86. The van der Waals surface area contributed by atoms with Crippen molar-refractivity contribution in [2.24, 2.45) is 0 Å². The van der Waals surface area contributed by atoms with Gasteiger partial charge in [-0.05, 0) is 30.8 Å². The Hall–Kier alpha value is -2.01. The number of ether oxygens (including phenoxy) is 2. The minimum Gasteiger partial charge on any atom is -0.493 e. The van der Waals surface area contributed by atoms with E-state index in [0.29, 0.717) is 0 Å². The highest BCUT2D eigenvalue weighted by molar-refractivity contribution is 5.43. The van der Waals surface area contributed by atoms with Crippen LogP contribution in [0.5, 0.6) is 11.5 Å². The lowest BCUT2D eigenvalue weighted by atomic mass is 10.1. The average molecular weight is 261 g/mol. The molecule has 1 aromatic heterocycles. The molecule has 1 atom stereocenters. The quantitative estimate of drug-likeness (QED) is 0.862. The van der Waals surface area contributed by atoms with Crippen molar-refractivity contribution in [1.29, 1.82) is 0 Å². The van der Waals surface area contributed by atoms with E-state index >= 15 is 0 Å². The Labute approximate surface area is 113 Å². The van der Waals surface area contributed by atoms with Gasteiger partial charge in [0.2, 0.25) is 0 Å². The molecule has 0 saturated carbocycles. The van der Waals surface area contributed by atoms with Crippen molar-refractivity contribution < 1.29 is 9.47 Å². The van der Waals surface area contributed by atoms with Gasteiger partial charge in [-0.3, -0.25) is 4.68 Å². The predicted molar refractivity (Wildman–Crippen MR) is 73.6 cm³/mol. The Balaban J connectivity index is 2.23. The molecule has 5 nitrogen and oxygen atoms in total. The maximum Gasteiger partial charge on any atom is 0.161 e. The fourth-order valence-corrected chi connectivity index (χ4v) is 2.03. The molecule has 2 rings (SSSR count). The molecule has 1 aromatic carbocycles. The van der Waals surface area contributed by atoms with Crippen molar-refractivity contribution in [2.75, 3.05) is 21.3 Å². The Kier molecular flexibility index (Phi) is 4.41. The van der Waals surface area contributed by atoms with Gasteiger partial charge in [0.1, 0.15) is 0 Å². The van der Waals surface area contributed by atoms with Crippen LogP contribution in [0.2, 0.25) is 0 Å². The topological polar surface area (TPSA) is 48.3 Å². The van der Waals surface area contributed by atoms with Crippen LogP contribution in [-0.4, -0.2) is 31.0 Å². The normalized spacial score (nSPS) is 12.2. The van der Waals surface area contributed by atoms with E-state index in [9.17, 15) is 0 Å². The van der Waals surface area contributed by atoms with Crippen LogP contribution in [0, 0.1) is 0 Å². The molecule has 0 aliphatic rings. The molecule has 1 unspecified atom stereocenters. The highest BCUT2D eigenvalue weighted by atomic mass is 16.5. The van der Waals surface area contributed by atoms with Crippen molar-refractivity contribution in [2.45, 2.75) is 12.6 Å². The lowest BCUT2D eigenvalue weighted by Crippen LogP contribution is -2.22. The second kappa shape index (κ2) is 6.24. The number of methoxy groups -OCH3 is 2. The summed E-state index contributed by atoms with van der Waals surface area (Å²) in [5.41, 5.74) is 1.13. The second-order valence-electron chi connectivity index (χ2n) is 4.18. The van der Waals surface area contributed by atoms with Crippen LogP contribution in [0.3, 0.4) is 0 Å². The fraction of sp³-hybridized carbons (Fsp3) is 0.357. The van der Waals surface area contributed by atoms with Gasteiger partial charge in [0.25, 0.3) is 0 Å². The summed E-state index contributed by atoms with van der Waals surface area (Å²) in [6.45, 7) is 0.763. The van der Waals surface area contributed by atoms with Crippen LogP contribution in [0.25, 0.3) is 0 Å². The third kappa shape index (κ3) is 3.06. The summed E-state index contributed by atoms with van der Waals surface area (Å²) in [6, 6.07) is 8.03. The largest absolute Gasteiger partial charge is 0.493 e. The summed E-state index contributed by atoms with van der Waals surface area (Å²) >= 11 is 0. The summed E-state index contributed by atoms with van der Waals surface area (Å²) < 4.78 is 12.5. The number of nitrogens with one attached hydrogen (secondary N) is 1. The lowest BCUT2D eigenvalue weighted by molar-refractivity contribution is 0.353. The van der Waals surface area contributed by atoms with E-state index < -0.39 is 0 Å². The third-order valence-electron chi connectivity index (χ3n) is 3.09. The maximum atomic E-state index is 5.33. The molecule has 102 valence electrons. The van der Waals surface area contributed by atoms with Gasteiger partial charge in [-0.25, -0.2) is 0 Å². The number of benzene rings is 1. The zero-order chi connectivity index (χ0) is 13.7. The molecule has 0 aliphatic heterocycles. The minimum absolute atomic E-state index is 0.166. The number of hydrogen-bond donors (Lipinski definition) is 1. The van der Waals surface area contributed by atoms with E-state index in [2.05, 4.69) is 10.4 Å². The van der Waals surface area contributed by atoms with Gasteiger partial charge in [-0.2, -0.15) is 5.10 Å². The zero-order valence-electron chi connectivity index (χ0n) is 11.5. The summed E-state index contributed by atoms with van der Waals surface area (Å²) in [5, 5.41) is 7.51. The number of nitrogens with zero attached hydrogens (tertiary/aromatic N) is 2. The van der Waals surface area contributed by atoms with Crippen molar-refractivity contribution in [1.82, 2.24) is 15.1 Å². The molecular weight excluding hydrogens is 242 g/mol. The van der Waals surface area contributed by atoms with E-state index in [1.54, 1.807) is 20.4 Å². The van der Waals surface area contributed by atoms with E-state index in [4.69, 9.17) is 9.47 Å². The molecule has 0 fully saturated rings. The van der Waals surface area contributed by atoms with Crippen molar-refractivity contribution in [3.8, 4) is 11.5 Å². The first-order valence-corrected chi connectivity index (χ1v) is 6.15. The van der Waals surface area contributed by atoms with Crippen LogP contribution in [0.1, 0.15) is 11.6 Å². The van der Waals surface area contributed by atoms with Gasteiger partial charge in [-0.15, -0.1) is 0 Å². The van der Waals surface area contributed by atoms with Crippen LogP contribution in [-0.2, 0) is 6.54 Å². The first-order valence-electron chi connectivity index (χ1n) is 6.15. The molecule has 2 aromatic rings. The molecule has 0 radical (unpaired) electrons. The van der Waals surface area contributed by atoms with E-state index in [1.807, 2.05) is 42.2 Å². The number of hydrogen-bond acceptors (Lipinski definition) is 4. The van der Waals surface area contributed by atoms with E-state index in [-0.39, 0.29) is 6.04 Å². The summed E-state index contributed by atoms with van der Waals surface area (Å²) in [4.78, 5) is 0. The van der Waals surface area contributed by atoms with Crippen molar-refractivity contribution in [3.05, 3.63) is 42.2 Å². The molecule has 0 bridgehead atoms. The van der Waals surface area contributed by atoms with Gasteiger partial charge < -0.3 is 14.8 Å². The smallest absolute Gasteiger partial charge is 0.161 e. The lowest BCUT2D eigenvalue weighted by Gasteiger charge is -2.18. The molecule has 0 saturated heterocycles. The van der Waals surface area contributed by atoms with Crippen LogP contribution in [0.4, 0.5) is 0 Å². The number of likely N-dealkylation sites (N-methyl/N-ethyl adjacent to an activating group) is 1. The van der Waals surface area contributed by atoms with Crippen LogP contribution < -0.4 is 14.8 Å². The molecule has 0 aliphatic carbocycles. The fourth-order valence-electron chi connectivity index (χ4n) is 2.03. The summed E-state index contributed by atoms with van der Waals surface area (Å²) in [6.07, 6.45) is 3.73. The third-order valence-corrected chi connectivity index (χ3v) is 3.09. The molecule has 5 heteroatoms. The highest BCUT2D eigenvalue weighted by Gasteiger charge is 2.13. The van der Waals surface area contributed by atoms with Crippen molar-refractivity contribution >= 4 is 0 Å². The zero-order valence-corrected chi connectivity index (χ0v) is 11.5. The SMILES string of the molecule is CNC(Cn1cccn1)c1ccc(OC)c(OC)c1. The van der Waals surface area contributed by atoms with E-state index in [0.717, 1.165) is 23.6 Å². The van der Waals surface area contributed by atoms with Gasteiger partial charge in [0, 0.05) is 12.4 Å². The van der Waals surface area contributed by atoms with Crippen LogP contribution >= 0.6 is 0 Å². The minimum atomic E-state index is 0.166. The first kappa shape index (κ1) is 13.4. The van der Waals surface area contributed by atoms with E-state index in [1.165, 1.54) is 0 Å². The Morgan fingerprint density at radius 3 is 2.63 bits per heavy atom. The molecule has 1 heterocycles. The highest BCUT2D eigenvalue weighted by Crippen LogP contribution is 2.30. The average Bonchev–Trinajstić information content (AvgIpc) is 2.97. The molecular formula is C14H19N3O2. The molecule has 0 amide bonds. The van der Waals surface area contributed by atoms with Crippen LogP contribution in [0.15, 0.2) is 36.7 Å². The maximum absolute atomic E-state index is 5.33.